The second kappa shape index (κ2) is 6.57. The molecule has 0 saturated carbocycles. The summed E-state index contributed by atoms with van der Waals surface area (Å²) in [5, 5.41) is 0. The fraction of sp³-hybridized carbons (Fsp3) is 0.118. The summed E-state index contributed by atoms with van der Waals surface area (Å²) in [6, 6.07) is 14.6. The van der Waals surface area contributed by atoms with Crippen LogP contribution in [0.3, 0.4) is 0 Å². The zero-order chi connectivity index (χ0) is 14.4. The van der Waals surface area contributed by atoms with Crippen LogP contribution in [0.5, 0.6) is 5.75 Å². The molecule has 0 spiro atoms. The van der Waals surface area contributed by atoms with Crippen molar-refractivity contribution in [3.63, 3.8) is 0 Å². The van der Waals surface area contributed by atoms with Gasteiger partial charge in [0, 0.05) is 16.8 Å². The smallest absolute Gasteiger partial charge is 0.187 e. The minimum atomic E-state index is -0.116. The highest BCUT2D eigenvalue weighted by atomic mass is 16.5. The summed E-state index contributed by atoms with van der Waals surface area (Å²) in [7, 11) is 0. The van der Waals surface area contributed by atoms with Crippen molar-refractivity contribution < 1.29 is 9.53 Å². The van der Waals surface area contributed by atoms with Crippen molar-refractivity contribution in [1.82, 2.24) is 0 Å². The fourth-order valence-electron chi connectivity index (χ4n) is 1.88. The van der Waals surface area contributed by atoms with Crippen molar-refractivity contribution in [3.8, 4) is 5.75 Å². The Morgan fingerprint density at radius 1 is 1.15 bits per heavy atom. The number of para-hydroxylation sites is 2. The highest BCUT2D eigenvalue weighted by molar-refractivity contribution is 6.10. The number of nitrogen functional groups attached to an aromatic ring is 1. The molecule has 0 unspecified atom stereocenters. The van der Waals surface area contributed by atoms with Crippen LogP contribution in [-0.2, 0) is 0 Å². The molecule has 2 aromatic carbocycles. The number of benzene rings is 2. The molecule has 0 atom stereocenters. The number of carbonyl (C=O) groups is 1. The zero-order valence-electron chi connectivity index (χ0n) is 11.4. The Morgan fingerprint density at radius 2 is 1.85 bits per heavy atom. The van der Waals surface area contributed by atoms with E-state index in [1.54, 1.807) is 30.3 Å². The number of ether oxygens (including phenoxy) is 1. The van der Waals surface area contributed by atoms with Gasteiger partial charge in [0.05, 0.1) is 6.61 Å². The topological polar surface area (TPSA) is 52.3 Å². The Bertz CT molecular complexity index is 632. The van der Waals surface area contributed by atoms with Gasteiger partial charge >= 0.3 is 0 Å². The molecule has 0 aliphatic heterocycles. The van der Waals surface area contributed by atoms with Gasteiger partial charge in [-0.15, -0.1) is 0 Å². The molecule has 0 bridgehead atoms. The van der Waals surface area contributed by atoms with Crippen molar-refractivity contribution in [2.45, 2.75) is 6.92 Å². The number of allylic oxidation sites excluding steroid dienone is 1. The molecule has 0 aromatic heterocycles. The molecule has 0 aliphatic carbocycles. The molecule has 2 rings (SSSR count). The van der Waals surface area contributed by atoms with E-state index in [1.807, 2.05) is 31.2 Å². The van der Waals surface area contributed by atoms with Gasteiger partial charge in [0.1, 0.15) is 5.75 Å². The zero-order valence-corrected chi connectivity index (χ0v) is 11.4. The first-order valence-corrected chi connectivity index (χ1v) is 6.51. The van der Waals surface area contributed by atoms with E-state index >= 15 is 0 Å². The summed E-state index contributed by atoms with van der Waals surface area (Å²) in [6.45, 7) is 2.51. The maximum Gasteiger partial charge on any atom is 0.187 e. The number of nitrogens with two attached hydrogens (primary N) is 1. The quantitative estimate of drug-likeness (QED) is 0.512. The largest absolute Gasteiger partial charge is 0.493 e. The minimum absolute atomic E-state index is 0.116. The van der Waals surface area contributed by atoms with Crippen LogP contribution in [0.1, 0.15) is 22.8 Å². The monoisotopic (exact) mass is 267 g/mol. The van der Waals surface area contributed by atoms with Gasteiger partial charge in [-0.3, -0.25) is 4.79 Å². The first kappa shape index (κ1) is 13.9. The molecule has 0 saturated heterocycles. The molecule has 2 N–H and O–H groups in total. The first-order chi connectivity index (χ1) is 9.72. The minimum Gasteiger partial charge on any atom is -0.493 e. The van der Waals surface area contributed by atoms with Crippen LogP contribution in [-0.4, -0.2) is 12.4 Å². The first-order valence-electron chi connectivity index (χ1n) is 6.51. The molecule has 3 nitrogen and oxygen atoms in total. The van der Waals surface area contributed by atoms with E-state index in [1.165, 1.54) is 6.08 Å². The molecular weight excluding hydrogens is 250 g/mol. The van der Waals surface area contributed by atoms with Gasteiger partial charge < -0.3 is 10.5 Å². The average Bonchev–Trinajstić information content (AvgIpc) is 2.47. The van der Waals surface area contributed by atoms with Gasteiger partial charge in [-0.25, -0.2) is 0 Å². The van der Waals surface area contributed by atoms with Gasteiger partial charge in [-0.05, 0) is 37.3 Å². The predicted octanol–water partition coefficient (Wildman–Crippen LogP) is 3.56. The maximum atomic E-state index is 12.1. The van der Waals surface area contributed by atoms with Crippen LogP contribution >= 0.6 is 0 Å². The van der Waals surface area contributed by atoms with Crippen LogP contribution in [0.4, 0.5) is 5.69 Å². The van der Waals surface area contributed by atoms with Gasteiger partial charge in [-0.1, -0.05) is 30.3 Å². The molecule has 0 aliphatic rings. The van der Waals surface area contributed by atoms with Crippen LogP contribution in [0.25, 0.3) is 6.08 Å². The third-order valence-electron chi connectivity index (χ3n) is 2.86. The third-order valence-corrected chi connectivity index (χ3v) is 2.86. The highest BCUT2D eigenvalue weighted by Gasteiger charge is 2.05. The maximum absolute atomic E-state index is 12.1. The molecule has 20 heavy (non-hydrogen) atoms. The van der Waals surface area contributed by atoms with E-state index in [0.717, 1.165) is 11.3 Å². The summed E-state index contributed by atoms with van der Waals surface area (Å²) in [5.74, 6) is 0.648. The van der Waals surface area contributed by atoms with E-state index in [-0.39, 0.29) is 5.78 Å². The highest BCUT2D eigenvalue weighted by Crippen LogP contribution is 2.20. The molecule has 3 heteroatoms. The molecule has 0 radical (unpaired) electrons. The Kier molecular flexibility index (Phi) is 4.56. The normalized spacial score (nSPS) is 10.7. The van der Waals surface area contributed by atoms with Crippen LogP contribution in [0.2, 0.25) is 0 Å². The van der Waals surface area contributed by atoms with Gasteiger partial charge in [0.2, 0.25) is 0 Å². The Morgan fingerprint density at radius 3 is 2.60 bits per heavy atom. The lowest BCUT2D eigenvalue weighted by Gasteiger charge is -2.06. The summed E-state index contributed by atoms with van der Waals surface area (Å²) < 4.78 is 5.51. The van der Waals surface area contributed by atoms with Crippen LogP contribution < -0.4 is 10.5 Å². The van der Waals surface area contributed by atoms with Crippen molar-refractivity contribution >= 4 is 17.5 Å². The fourth-order valence-corrected chi connectivity index (χ4v) is 1.88. The Hall–Kier alpha value is -2.55. The van der Waals surface area contributed by atoms with Crippen molar-refractivity contribution in [2.75, 3.05) is 12.3 Å². The van der Waals surface area contributed by atoms with E-state index < -0.39 is 0 Å². The van der Waals surface area contributed by atoms with E-state index in [9.17, 15) is 4.79 Å². The van der Waals surface area contributed by atoms with E-state index in [2.05, 4.69) is 0 Å². The number of ketones is 1. The average molecular weight is 267 g/mol. The SMILES string of the molecule is CCOc1ccccc1/C=C/C(=O)c1ccccc1N. The van der Waals surface area contributed by atoms with Gasteiger partial charge in [0.15, 0.2) is 5.78 Å². The Balaban J connectivity index is 2.22. The molecule has 2 aromatic rings. The standard InChI is InChI=1S/C17H17NO2/c1-2-20-17-10-6-3-7-13(17)11-12-16(19)14-8-4-5-9-15(14)18/h3-12H,2,18H2,1H3/b12-11+. The third kappa shape index (κ3) is 3.26. The molecule has 102 valence electrons. The number of carbonyl (C=O) groups excluding carboxylic acids is 1. The Labute approximate surface area is 118 Å². The molecule has 0 amide bonds. The van der Waals surface area contributed by atoms with Crippen LogP contribution in [0.15, 0.2) is 54.6 Å². The van der Waals surface area contributed by atoms with Crippen molar-refractivity contribution in [1.29, 1.82) is 0 Å². The number of hydrogen-bond donors (Lipinski definition) is 1. The predicted molar refractivity (Wildman–Crippen MR) is 81.8 cm³/mol. The van der Waals surface area contributed by atoms with Crippen LogP contribution in [0, 0.1) is 0 Å². The lowest BCUT2D eigenvalue weighted by Crippen LogP contribution is -2.00. The van der Waals surface area contributed by atoms with Gasteiger partial charge in [0.25, 0.3) is 0 Å². The number of anilines is 1. The number of hydrogen-bond acceptors (Lipinski definition) is 3. The lowest BCUT2D eigenvalue weighted by atomic mass is 10.1. The lowest BCUT2D eigenvalue weighted by molar-refractivity contribution is 0.104. The molecular formula is C17H17NO2. The molecule has 0 heterocycles. The summed E-state index contributed by atoms with van der Waals surface area (Å²) >= 11 is 0. The number of rotatable bonds is 5. The summed E-state index contributed by atoms with van der Waals surface area (Å²) in [6.07, 6.45) is 3.27. The van der Waals surface area contributed by atoms with Gasteiger partial charge in [-0.2, -0.15) is 0 Å². The summed E-state index contributed by atoms with van der Waals surface area (Å²) in [5.41, 5.74) is 7.66. The van der Waals surface area contributed by atoms with Crippen molar-refractivity contribution in [2.24, 2.45) is 0 Å². The molecule has 0 fully saturated rings. The van der Waals surface area contributed by atoms with E-state index in [0.29, 0.717) is 17.9 Å². The summed E-state index contributed by atoms with van der Waals surface area (Å²) in [4.78, 5) is 12.1. The second-order valence-corrected chi connectivity index (χ2v) is 4.26. The van der Waals surface area contributed by atoms with E-state index in [4.69, 9.17) is 10.5 Å². The van der Waals surface area contributed by atoms with Crippen molar-refractivity contribution in [3.05, 3.63) is 65.7 Å². The second-order valence-electron chi connectivity index (χ2n) is 4.26.